The minimum Gasteiger partial charge on any atom is -0.487 e. The number of nitrogens with zero attached hydrogens (tertiary/aromatic N) is 1. The van der Waals surface area contributed by atoms with Crippen LogP contribution in [0.2, 0.25) is 0 Å². The first-order valence-corrected chi connectivity index (χ1v) is 11.0. The highest BCUT2D eigenvalue weighted by Gasteiger charge is 2.38. The van der Waals surface area contributed by atoms with Gasteiger partial charge in [-0.05, 0) is 35.4 Å². The fourth-order valence-electron chi connectivity index (χ4n) is 3.22. The second kappa shape index (κ2) is 8.80. The molecule has 164 valence electrons. The van der Waals surface area contributed by atoms with E-state index in [4.69, 9.17) is 4.74 Å². The van der Waals surface area contributed by atoms with E-state index in [0.717, 1.165) is 5.56 Å². The number of halogens is 2. The van der Waals surface area contributed by atoms with Gasteiger partial charge in [0.2, 0.25) is 0 Å². The normalized spacial score (nSPS) is 15.2. The molecule has 4 rings (SSSR count). The molecule has 1 amide bonds. The first-order valence-electron chi connectivity index (χ1n) is 9.60. The molecular formula is C23H18F2N2O4S. The Balaban J connectivity index is 1.73. The number of carbonyl (C=O) groups excluding carboxylic acids is 1. The Labute approximate surface area is 183 Å². The van der Waals surface area contributed by atoms with E-state index < -0.39 is 34.3 Å². The highest BCUT2D eigenvalue weighted by Crippen LogP contribution is 2.37. The van der Waals surface area contributed by atoms with Gasteiger partial charge in [0.05, 0.1) is 0 Å². The lowest BCUT2D eigenvalue weighted by molar-refractivity contribution is -0.117. The predicted octanol–water partition coefficient (Wildman–Crippen LogP) is 3.90. The maximum absolute atomic E-state index is 15.5. The van der Waals surface area contributed by atoms with Crippen molar-refractivity contribution in [3.63, 3.8) is 0 Å². The summed E-state index contributed by atoms with van der Waals surface area (Å²) in [5.74, 6) is -2.14. The first-order chi connectivity index (χ1) is 15.3. The molecule has 6 nitrogen and oxygen atoms in total. The average Bonchev–Trinajstić information content (AvgIpc) is 3.03. The predicted molar refractivity (Wildman–Crippen MR) is 117 cm³/mol. The summed E-state index contributed by atoms with van der Waals surface area (Å²) in [6.07, 6.45) is 2.89. The zero-order chi connectivity index (χ0) is 22.7. The number of nitrogens with one attached hydrogen (secondary N) is 1. The molecule has 0 spiro atoms. The molecule has 0 atom stereocenters. The van der Waals surface area contributed by atoms with Crippen molar-refractivity contribution >= 4 is 34.0 Å². The van der Waals surface area contributed by atoms with Crippen LogP contribution < -0.4 is 13.8 Å². The van der Waals surface area contributed by atoms with Crippen LogP contribution in [0, 0.1) is 11.6 Å². The Morgan fingerprint density at radius 2 is 1.78 bits per heavy atom. The van der Waals surface area contributed by atoms with Crippen molar-refractivity contribution < 1.29 is 26.7 Å². The summed E-state index contributed by atoms with van der Waals surface area (Å²) in [6, 6.07) is 17.7. The van der Waals surface area contributed by atoms with Gasteiger partial charge in [-0.3, -0.25) is 4.79 Å². The third-order valence-corrected chi connectivity index (χ3v) is 6.10. The molecule has 0 aliphatic carbocycles. The Bertz CT molecular complexity index is 1290. The van der Waals surface area contributed by atoms with Gasteiger partial charge in [0.15, 0.2) is 5.82 Å². The van der Waals surface area contributed by atoms with Crippen LogP contribution in [0.25, 0.3) is 12.2 Å². The largest absolute Gasteiger partial charge is 0.487 e. The number of hydrogen-bond donors (Lipinski definition) is 1. The minimum atomic E-state index is -4.27. The zero-order valence-corrected chi connectivity index (χ0v) is 17.5. The molecule has 1 heterocycles. The van der Waals surface area contributed by atoms with Crippen molar-refractivity contribution in [3.05, 3.63) is 95.1 Å². The lowest BCUT2D eigenvalue weighted by atomic mass is 10.1. The van der Waals surface area contributed by atoms with Crippen molar-refractivity contribution in [1.29, 1.82) is 0 Å². The van der Waals surface area contributed by atoms with Crippen LogP contribution >= 0.6 is 0 Å². The standard InChI is InChI=1S/C23H18F2N2O4S/c24-19-8-4-7-16(13-19)9-10-18-11-12-20(31-15-17-5-2-1-3-6-17)23(22(18)25)27-14-21(28)26-32(27,29)30/h1-13H,14-15H2,(H,26,28)/b10-9+. The van der Waals surface area contributed by atoms with Crippen LogP contribution in [0.4, 0.5) is 14.5 Å². The molecule has 3 aromatic carbocycles. The van der Waals surface area contributed by atoms with E-state index in [0.29, 0.717) is 9.87 Å². The van der Waals surface area contributed by atoms with Gasteiger partial charge in [-0.25, -0.2) is 17.8 Å². The number of ether oxygens (including phenoxy) is 1. The van der Waals surface area contributed by atoms with Crippen molar-refractivity contribution in [3.8, 4) is 5.75 Å². The Hall–Kier alpha value is -3.72. The second-order valence-corrected chi connectivity index (χ2v) is 8.61. The van der Waals surface area contributed by atoms with Crippen LogP contribution in [0.1, 0.15) is 16.7 Å². The molecular weight excluding hydrogens is 438 g/mol. The molecule has 0 unspecified atom stereocenters. The molecule has 1 aliphatic heterocycles. The highest BCUT2D eigenvalue weighted by atomic mass is 32.2. The van der Waals surface area contributed by atoms with Crippen LogP contribution in [0.15, 0.2) is 66.7 Å². The topological polar surface area (TPSA) is 75.7 Å². The smallest absolute Gasteiger partial charge is 0.326 e. The number of rotatable bonds is 6. The van der Waals surface area contributed by atoms with Crippen LogP contribution in [-0.2, 0) is 21.6 Å². The van der Waals surface area contributed by atoms with Gasteiger partial charge in [-0.1, -0.05) is 54.6 Å². The second-order valence-electron chi connectivity index (χ2n) is 7.02. The third-order valence-electron chi connectivity index (χ3n) is 4.72. The van der Waals surface area contributed by atoms with Gasteiger partial charge in [0, 0.05) is 5.56 Å². The van der Waals surface area contributed by atoms with E-state index in [1.54, 1.807) is 6.07 Å². The van der Waals surface area contributed by atoms with E-state index in [-0.39, 0.29) is 23.6 Å². The molecule has 9 heteroatoms. The van der Waals surface area contributed by atoms with Crippen molar-refractivity contribution in [2.75, 3.05) is 10.8 Å². The van der Waals surface area contributed by atoms with Gasteiger partial charge in [-0.15, -0.1) is 0 Å². The summed E-state index contributed by atoms with van der Waals surface area (Å²) in [5, 5.41) is 0. The molecule has 1 N–H and O–H groups in total. The number of carbonyl (C=O) groups is 1. The lowest BCUT2D eigenvalue weighted by Crippen LogP contribution is -2.30. The van der Waals surface area contributed by atoms with Gasteiger partial charge in [-0.2, -0.15) is 8.42 Å². The average molecular weight is 456 g/mol. The SMILES string of the molecule is O=C1CN(c2c(OCc3ccccc3)ccc(/C=C/c3cccc(F)c3)c2F)S(=O)(=O)N1. The monoisotopic (exact) mass is 456 g/mol. The van der Waals surface area contributed by atoms with E-state index in [1.807, 2.05) is 35.1 Å². The maximum Gasteiger partial charge on any atom is 0.326 e. The van der Waals surface area contributed by atoms with Crippen LogP contribution in [0.5, 0.6) is 5.75 Å². The van der Waals surface area contributed by atoms with Crippen molar-refractivity contribution in [2.45, 2.75) is 6.61 Å². The minimum absolute atomic E-state index is 0.0330. The number of amides is 1. The number of hydrogen-bond acceptors (Lipinski definition) is 4. The Morgan fingerprint density at radius 1 is 1.00 bits per heavy atom. The summed E-state index contributed by atoms with van der Waals surface area (Å²) in [7, 11) is -4.27. The molecule has 0 radical (unpaired) electrons. The van der Waals surface area contributed by atoms with E-state index in [2.05, 4.69) is 0 Å². The van der Waals surface area contributed by atoms with Gasteiger partial charge < -0.3 is 4.74 Å². The van der Waals surface area contributed by atoms with E-state index >= 15 is 4.39 Å². The van der Waals surface area contributed by atoms with Gasteiger partial charge >= 0.3 is 10.2 Å². The fraction of sp³-hybridized carbons (Fsp3) is 0.0870. The van der Waals surface area contributed by atoms with Crippen molar-refractivity contribution in [2.24, 2.45) is 0 Å². The molecule has 1 aliphatic rings. The maximum atomic E-state index is 15.5. The lowest BCUT2D eigenvalue weighted by Gasteiger charge is -2.20. The third kappa shape index (κ3) is 4.62. The number of anilines is 1. The highest BCUT2D eigenvalue weighted by molar-refractivity contribution is 7.92. The molecule has 1 saturated heterocycles. The van der Waals surface area contributed by atoms with E-state index in [1.165, 1.54) is 42.5 Å². The summed E-state index contributed by atoms with van der Waals surface area (Å²) in [5.41, 5.74) is 0.972. The number of benzene rings is 3. The molecule has 0 saturated carbocycles. The van der Waals surface area contributed by atoms with Crippen LogP contribution in [0.3, 0.4) is 0 Å². The molecule has 1 fully saturated rings. The molecule has 3 aromatic rings. The summed E-state index contributed by atoms with van der Waals surface area (Å²) >= 11 is 0. The molecule has 0 bridgehead atoms. The first kappa shape index (κ1) is 21.5. The summed E-state index contributed by atoms with van der Waals surface area (Å²) in [4.78, 5) is 11.7. The van der Waals surface area contributed by atoms with Gasteiger partial charge in [0.25, 0.3) is 5.91 Å². The Morgan fingerprint density at radius 3 is 2.47 bits per heavy atom. The summed E-state index contributed by atoms with van der Waals surface area (Å²) in [6.45, 7) is -0.501. The quantitative estimate of drug-likeness (QED) is 0.571. The van der Waals surface area contributed by atoms with Crippen LogP contribution in [-0.4, -0.2) is 20.9 Å². The van der Waals surface area contributed by atoms with Gasteiger partial charge in [0.1, 0.15) is 30.4 Å². The molecule has 0 aromatic heterocycles. The van der Waals surface area contributed by atoms with E-state index in [9.17, 15) is 17.6 Å². The summed E-state index contributed by atoms with van der Waals surface area (Å²) < 4.78 is 61.9. The fourth-order valence-corrected chi connectivity index (χ4v) is 4.38. The Kier molecular flexibility index (Phi) is 5.91. The zero-order valence-electron chi connectivity index (χ0n) is 16.7. The van der Waals surface area contributed by atoms with Crippen molar-refractivity contribution in [1.82, 2.24) is 4.72 Å². The molecule has 32 heavy (non-hydrogen) atoms.